The molecule has 0 radical (unpaired) electrons. The van der Waals surface area contributed by atoms with Crippen LogP contribution in [0.1, 0.15) is 16.1 Å². The number of anilines is 1. The van der Waals surface area contributed by atoms with E-state index in [4.69, 9.17) is 14.5 Å². The predicted molar refractivity (Wildman–Crippen MR) is 125 cm³/mol. The molecule has 0 aliphatic carbocycles. The molecule has 2 aromatic carbocycles. The molecule has 0 fully saturated rings. The Morgan fingerprint density at radius 2 is 1.87 bits per heavy atom. The number of amides is 1. The lowest BCUT2D eigenvalue weighted by Crippen LogP contribution is -2.15. The molecule has 4 aromatic rings. The molecule has 31 heavy (non-hydrogen) atoms. The largest absolute Gasteiger partial charge is 0.493 e. The molecule has 1 N–H and O–H groups in total. The monoisotopic (exact) mass is 498 g/mol. The summed E-state index contributed by atoms with van der Waals surface area (Å²) in [5, 5.41) is 10.0. The Hall–Kier alpha value is -3.17. The van der Waals surface area contributed by atoms with Crippen LogP contribution in [0.25, 0.3) is 16.4 Å². The van der Waals surface area contributed by atoms with Crippen molar-refractivity contribution < 1.29 is 14.3 Å². The van der Waals surface area contributed by atoms with Gasteiger partial charge in [0.15, 0.2) is 11.5 Å². The summed E-state index contributed by atoms with van der Waals surface area (Å²) in [4.78, 5) is 17.5. The molecule has 0 bridgehead atoms. The minimum atomic E-state index is -0.231. The average Bonchev–Trinajstić information content (AvgIpc) is 3.40. The van der Waals surface area contributed by atoms with Gasteiger partial charge in [0.05, 0.1) is 31.2 Å². The molecule has 0 aliphatic rings. The second-order valence-electron chi connectivity index (χ2n) is 6.60. The maximum Gasteiger partial charge on any atom is 0.257 e. The van der Waals surface area contributed by atoms with E-state index in [0.717, 1.165) is 21.4 Å². The van der Waals surface area contributed by atoms with Crippen molar-refractivity contribution >= 4 is 39.0 Å². The number of hydrogen-bond donors (Lipinski definition) is 1. The lowest BCUT2D eigenvalue weighted by Gasteiger charge is -2.09. The van der Waals surface area contributed by atoms with Gasteiger partial charge in [-0.15, -0.1) is 11.3 Å². The first kappa shape index (κ1) is 21.1. The second-order valence-corrected chi connectivity index (χ2v) is 8.29. The molecule has 0 saturated heterocycles. The number of aryl methyl sites for hydroxylation is 1. The lowest BCUT2D eigenvalue weighted by atomic mass is 10.1. The number of halogens is 1. The van der Waals surface area contributed by atoms with Gasteiger partial charge in [0.25, 0.3) is 5.91 Å². The minimum absolute atomic E-state index is 0.231. The first-order valence-electron chi connectivity index (χ1n) is 9.31. The van der Waals surface area contributed by atoms with Crippen LogP contribution in [0.15, 0.2) is 58.4 Å². The zero-order valence-corrected chi connectivity index (χ0v) is 19.5. The third-order valence-corrected chi connectivity index (χ3v) is 6.05. The third kappa shape index (κ3) is 4.33. The van der Waals surface area contributed by atoms with Gasteiger partial charge >= 0.3 is 0 Å². The van der Waals surface area contributed by atoms with Crippen molar-refractivity contribution in [1.29, 1.82) is 0 Å². The van der Waals surface area contributed by atoms with Crippen LogP contribution in [-0.2, 0) is 0 Å². The highest BCUT2D eigenvalue weighted by atomic mass is 79.9. The fraction of sp³-hybridized carbons (Fsp3) is 0.136. The lowest BCUT2D eigenvalue weighted by molar-refractivity contribution is 0.102. The standard InChI is InChI=1S/C22H19BrN4O3S/c1-13-10-20(25-21(28)15-6-4-5-7-16(15)23)27(26-13)22-24-17(12-31-22)14-8-9-18(29-2)19(11-14)30-3/h4-12H,1-3H3,(H,25,28). The number of ether oxygens (including phenoxy) is 2. The molecular weight excluding hydrogens is 480 g/mol. The zero-order chi connectivity index (χ0) is 22.0. The average molecular weight is 499 g/mol. The van der Waals surface area contributed by atoms with Crippen molar-refractivity contribution in [3.8, 4) is 27.9 Å². The van der Waals surface area contributed by atoms with Crippen molar-refractivity contribution in [1.82, 2.24) is 14.8 Å². The number of hydrogen-bond acceptors (Lipinski definition) is 6. The van der Waals surface area contributed by atoms with Crippen LogP contribution in [-0.4, -0.2) is 34.9 Å². The molecule has 0 unspecified atom stereocenters. The number of aromatic nitrogens is 3. The number of benzene rings is 2. The van der Waals surface area contributed by atoms with Gasteiger partial charge in [-0.25, -0.2) is 4.98 Å². The molecule has 0 spiro atoms. The molecule has 9 heteroatoms. The van der Waals surface area contributed by atoms with Crippen LogP contribution in [0.2, 0.25) is 0 Å². The molecule has 1 amide bonds. The number of nitrogens with one attached hydrogen (secondary N) is 1. The summed E-state index contributed by atoms with van der Waals surface area (Å²) in [6.07, 6.45) is 0. The number of carbonyl (C=O) groups excluding carboxylic acids is 1. The molecular formula is C22H19BrN4O3S. The summed E-state index contributed by atoms with van der Waals surface area (Å²) < 4.78 is 13.1. The van der Waals surface area contributed by atoms with E-state index in [2.05, 4.69) is 26.3 Å². The SMILES string of the molecule is COc1ccc(-c2csc(-n3nc(C)cc3NC(=O)c3ccccc3Br)n2)cc1OC. The van der Waals surface area contributed by atoms with Crippen LogP contribution >= 0.6 is 27.3 Å². The van der Waals surface area contributed by atoms with E-state index >= 15 is 0 Å². The number of thiazole rings is 1. The highest BCUT2D eigenvalue weighted by Crippen LogP contribution is 2.33. The summed E-state index contributed by atoms with van der Waals surface area (Å²) in [5.74, 6) is 1.60. The van der Waals surface area contributed by atoms with Crippen molar-refractivity contribution in [2.45, 2.75) is 6.92 Å². The van der Waals surface area contributed by atoms with E-state index in [1.165, 1.54) is 11.3 Å². The summed E-state index contributed by atoms with van der Waals surface area (Å²) in [7, 11) is 3.20. The fourth-order valence-corrected chi connectivity index (χ4v) is 4.31. The molecule has 0 atom stereocenters. The Morgan fingerprint density at radius 3 is 2.61 bits per heavy atom. The summed E-state index contributed by atoms with van der Waals surface area (Å²) >= 11 is 4.85. The van der Waals surface area contributed by atoms with E-state index < -0.39 is 0 Å². The van der Waals surface area contributed by atoms with Crippen LogP contribution < -0.4 is 14.8 Å². The molecule has 0 saturated carbocycles. The smallest absolute Gasteiger partial charge is 0.257 e. The Labute approximate surface area is 191 Å². The van der Waals surface area contributed by atoms with Gasteiger partial charge < -0.3 is 14.8 Å². The minimum Gasteiger partial charge on any atom is -0.493 e. The number of nitrogens with zero attached hydrogens (tertiary/aromatic N) is 3. The summed E-state index contributed by atoms with van der Waals surface area (Å²) in [6.45, 7) is 1.87. The summed E-state index contributed by atoms with van der Waals surface area (Å²) in [6, 6.07) is 14.7. The molecule has 4 rings (SSSR count). The molecule has 2 heterocycles. The highest BCUT2D eigenvalue weighted by Gasteiger charge is 2.17. The molecule has 7 nitrogen and oxygen atoms in total. The van der Waals surface area contributed by atoms with Gasteiger partial charge in [-0.1, -0.05) is 12.1 Å². The van der Waals surface area contributed by atoms with Crippen LogP contribution in [0.4, 0.5) is 5.82 Å². The predicted octanol–water partition coefficient (Wildman–Crippen LogP) is 5.34. The van der Waals surface area contributed by atoms with Crippen LogP contribution in [0.3, 0.4) is 0 Å². The Bertz CT molecular complexity index is 1250. The van der Waals surface area contributed by atoms with Gasteiger partial charge in [-0.2, -0.15) is 9.78 Å². The second kappa shape index (κ2) is 8.91. The number of carbonyl (C=O) groups is 1. The number of methoxy groups -OCH3 is 2. The molecule has 0 aliphatic heterocycles. The van der Waals surface area contributed by atoms with Gasteiger partial charge in [0, 0.05) is 21.5 Å². The Kier molecular flexibility index (Phi) is 6.06. The van der Waals surface area contributed by atoms with Crippen molar-refractivity contribution in [3.05, 3.63) is 69.6 Å². The van der Waals surface area contributed by atoms with Crippen LogP contribution in [0, 0.1) is 6.92 Å². The third-order valence-electron chi connectivity index (χ3n) is 4.54. The van der Waals surface area contributed by atoms with Crippen molar-refractivity contribution in [2.75, 3.05) is 19.5 Å². The fourth-order valence-electron chi connectivity index (χ4n) is 3.05. The molecule has 158 valence electrons. The maximum atomic E-state index is 12.8. The van der Waals surface area contributed by atoms with Gasteiger partial charge in [-0.3, -0.25) is 4.79 Å². The normalized spacial score (nSPS) is 10.7. The van der Waals surface area contributed by atoms with Crippen LogP contribution in [0.5, 0.6) is 11.5 Å². The first-order chi connectivity index (χ1) is 15.0. The van der Waals surface area contributed by atoms with Gasteiger partial charge in [-0.05, 0) is 53.2 Å². The van der Waals surface area contributed by atoms with Gasteiger partial charge in [0.1, 0.15) is 5.82 Å². The van der Waals surface area contributed by atoms with Crippen molar-refractivity contribution in [2.24, 2.45) is 0 Å². The maximum absolute atomic E-state index is 12.8. The Balaban J connectivity index is 1.64. The van der Waals surface area contributed by atoms with E-state index in [1.807, 2.05) is 54.8 Å². The van der Waals surface area contributed by atoms with E-state index in [0.29, 0.717) is 28.0 Å². The molecule has 2 aromatic heterocycles. The van der Waals surface area contributed by atoms with Gasteiger partial charge in [0.2, 0.25) is 5.13 Å². The quantitative estimate of drug-likeness (QED) is 0.388. The Morgan fingerprint density at radius 1 is 1.10 bits per heavy atom. The summed E-state index contributed by atoms with van der Waals surface area (Å²) in [5.41, 5.74) is 2.98. The topological polar surface area (TPSA) is 78.3 Å². The zero-order valence-electron chi connectivity index (χ0n) is 17.0. The first-order valence-corrected chi connectivity index (χ1v) is 11.0. The van der Waals surface area contributed by atoms with Crippen molar-refractivity contribution in [3.63, 3.8) is 0 Å². The number of rotatable bonds is 6. The van der Waals surface area contributed by atoms with E-state index in [9.17, 15) is 4.79 Å². The highest BCUT2D eigenvalue weighted by molar-refractivity contribution is 9.10. The van der Waals surface area contributed by atoms with E-state index in [1.54, 1.807) is 25.0 Å². The van der Waals surface area contributed by atoms with E-state index in [-0.39, 0.29) is 5.91 Å².